The van der Waals surface area contributed by atoms with E-state index >= 15 is 0 Å². The number of nitrogens with zero attached hydrogens (tertiary/aromatic N) is 1. The predicted octanol–water partition coefficient (Wildman–Crippen LogP) is 3.15. The molecule has 1 saturated heterocycles. The van der Waals surface area contributed by atoms with Crippen molar-refractivity contribution in [1.82, 2.24) is 4.90 Å². The third-order valence-electron chi connectivity index (χ3n) is 4.65. The van der Waals surface area contributed by atoms with Crippen LogP contribution in [-0.2, 0) is 16.1 Å². The zero-order valence-electron chi connectivity index (χ0n) is 13.1. The Bertz CT molecular complexity index is 519. The summed E-state index contributed by atoms with van der Waals surface area (Å²) >= 11 is 0. The summed E-state index contributed by atoms with van der Waals surface area (Å²) in [6.07, 6.45) is 0.576. The molecule has 2 rings (SSSR count). The number of carbonyl (C=O) groups excluding carboxylic acids is 1. The van der Waals surface area contributed by atoms with Gasteiger partial charge in [-0.15, -0.1) is 0 Å². The van der Waals surface area contributed by atoms with Crippen LogP contribution in [0.4, 0.5) is 4.79 Å². The zero-order valence-corrected chi connectivity index (χ0v) is 13.1. The number of carboxylic acids is 1. The Morgan fingerprint density at radius 3 is 2.32 bits per heavy atom. The summed E-state index contributed by atoms with van der Waals surface area (Å²) in [6, 6.07) is 9.50. The van der Waals surface area contributed by atoms with Gasteiger partial charge in [0.1, 0.15) is 6.61 Å². The quantitative estimate of drug-likeness (QED) is 0.928. The lowest BCUT2D eigenvalue weighted by molar-refractivity contribution is -0.155. The molecule has 5 heteroatoms. The summed E-state index contributed by atoms with van der Waals surface area (Å²) in [5, 5.41) is 9.50. The predicted molar refractivity (Wildman–Crippen MR) is 82.3 cm³/mol. The van der Waals surface area contributed by atoms with Gasteiger partial charge in [-0.3, -0.25) is 4.79 Å². The number of hydrogen-bond donors (Lipinski definition) is 1. The number of benzene rings is 1. The van der Waals surface area contributed by atoms with Crippen LogP contribution in [0.2, 0.25) is 0 Å². The number of carbonyl (C=O) groups is 2. The first-order valence-electron chi connectivity index (χ1n) is 7.65. The number of rotatable bonds is 4. The fourth-order valence-electron chi connectivity index (χ4n) is 2.94. The fourth-order valence-corrected chi connectivity index (χ4v) is 2.94. The highest BCUT2D eigenvalue weighted by molar-refractivity contribution is 5.76. The number of hydrogen-bond acceptors (Lipinski definition) is 3. The zero-order chi connectivity index (χ0) is 16.2. The average Bonchev–Trinajstić information content (AvgIpc) is 2.53. The van der Waals surface area contributed by atoms with Crippen LogP contribution in [0.25, 0.3) is 0 Å². The summed E-state index contributed by atoms with van der Waals surface area (Å²) in [5.74, 6) is -0.715. The number of aliphatic carboxylic acids is 1. The van der Waals surface area contributed by atoms with E-state index in [4.69, 9.17) is 4.74 Å². The summed E-state index contributed by atoms with van der Waals surface area (Å²) in [7, 11) is 0. The molecule has 5 nitrogen and oxygen atoms in total. The maximum atomic E-state index is 12.1. The van der Waals surface area contributed by atoms with Crippen LogP contribution in [-0.4, -0.2) is 35.2 Å². The Morgan fingerprint density at radius 2 is 1.82 bits per heavy atom. The van der Waals surface area contributed by atoms with Gasteiger partial charge >= 0.3 is 12.1 Å². The van der Waals surface area contributed by atoms with Crippen molar-refractivity contribution in [1.29, 1.82) is 0 Å². The van der Waals surface area contributed by atoms with Crippen molar-refractivity contribution in [3.8, 4) is 0 Å². The second-order valence-electron chi connectivity index (χ2n) is 6.14. The lowest BCUT2D eigenvalue weighted by Gasteiger charge is -2.40. The van der Waals surface area contributed by atoms with Crippen LogP contribution in [0.3, 0.4) is 0 Å². The topological polar surface area (TPSA) is 66.8 Å². The molecule has 1 aliphatic rings. The summed E-state index contributed by atoms with van der Waals surface area (Å²) in [6.45, 7) is 4.95. The number of amides is 1. The number of piperidine rings is 1. The third-order valence-corrected chi connectivity index (χ3v) is 4.65. The minimum Gasteiger partial charge on any atom is -0.481 e. The number of carboxylic acid groups (broad SMARTS) is 1. The highest BCUT2D eigenvalue weighted by Gasteiger charge is 2.45. The maximum absolute atomic E-state index is 12.1. The Morgan fingerprint density at radius 1 is 1.23 bits per heavy atom. The molecule has 1 aromatic carbocycles. The lowest BCUT2D eigenvalue weighted by Crippen LogP contribution is -2.49. The smallest absolute Gasteiger partial charge is 0.410 e. The fraction of sp³-hybridized carbons (Fsp3) is 0.529. The molecule has 120 valence electrons. The molecular formula is C17H23NO4. The molecule has 22 heavy (non-hydrogen) atoms. The normalized spacial score (nSPS) is 17.3. The molecule has 0 radical (unpaired) electrons. The summed E-state index contributed by atoms with van der Waals surface area (Å²) in [5.41, 5.74) is 0.214. The van der Waals surface area contributed by atoms with Crippen LogP contribution in [0, 0.1) is 11.3 Å². The molecule has 1 amide bonds. The Hall–Kier alpha value is -2.04. The van der Waals surface area contributed by atoms with E-state index in [1.165, 1.54) is 0 Å². The van der Waals surface area contributed by atoms with Crippen LogP contribution in [0.15, 0.2) is 30.3 Å². The highest BCUT2D eigenvalue weighted by Crippen LogP contribution is 2.39. The summed E-state index contributed by atoms with van der Waals surface area (Å²) in [4.78, 5) is 25.3. The molecule has 1 aromatic rings. The van der Waals surface area contributed by atoms with E-state index in [0.29, 0.717) is 25.9 Å². The van der Waals surface area contributed by atoms with Crippen molar-refractivity contribution in [3.05, 3.63) is 35.9 Å². The molecule has 0 saturated carbocycles. The second kappa shape index (κ2) is 6.81. The van der Waals surface area contributed by atoms with Gasteiger partial charge in [0, 0.05) is 13.1 Å². The Balaban J connectivity index is 1.88. The van der Waals surface area contributed by atoms with E-state index in [-0.39, 0.29) is 18.6 Å². The highest BCUT2D eigenvalue weighted by atomic mass is 16.6. The lowest BCUT2D eigenvalue weighted by atomic mass is 9.70. The van der Waals surface area contributed by atoms with Gasteiger partial charge < -0.3 is 14.7 Å². The largest absolute Gasteiger partial charge is 0.481 e. The first kappa shape index (κ1) is 16.3. The molecule has 0 aromatic heterocycles. The molecule has 1 N–H and O–H groups in total. The average molecular weight is 305 g/mol. The molecule has 0 bridgehead atoms. The maximum Gasteiger partial charge on any atom is 0.410 e. The van der Waals surface area contributed by atoms with E-state index < -0.39 is 11.4 Å². The molecule has 1 heterocycles. The molecule has 0 atom stereocenters. The van der Waals surface area contributed by atoms with Gasteiger partial charge in [0.05, 0.1) is 5.41 Å². The van der Waals surface area contributed by atoms with Crippen LogP contribution in [0.5, 0.6) is 0 Å². The van der Waals surface area contributed by atoms with E-state index in [9.17, 15) is 14.7 Å². The third kappa shape index (κ3) is 3.40. The van der Waals surface area contributed by atoms with Crippen molar-refractivity contribution in [2.24, 2.45) is 11.3 Å². The second-order valence-corrected chi connectivity index (χ2v) is 6.14. The monoisotopic (exact) mass is 305 g/mol. The van der Waals surface area contributed by atoms with Crippen molar-refractivity contribution in [2.75, 3.05) is 13.1 Å². The Kier molecular flexibility index (Phi) is 5.06. The Labute approximate surface area is 130 Å². The van der Waals surface area contributed by atoms with Gasteiger partial charge in [-0.1, -0.05) is 44.2 Å². The molecule has 0 spiro atoms. The van der Waals surface area contributed by atoms with Crippen LogP contribution >= 0.6 is 0 Å². The van der Waals surface area contributed by atoms with Gasteiger partial charge in [0.2, 0.25) is 0 Å². The van der Waals surface area contributed by atoms with Crippen molar-refractivity contribution in [3.63, 3.8) is 0 Å². The van der Waals surface area contributed by atoms with Gasteiger partial charge in [-0.05, 0) is 24.3 Å². The van der Waals surface area contributed by atoms with Crippen LogP contribution < -0.4 is 0 Å². The van der Waals surface area contributed by atoms with Crippen molar-refractivity contribution >= 4 is 12.1 Å². The minimum atomic E-state index is -0.764. The van der Waals surface area contributed by atoms with Gasteiger partial charge in [0.25, 0.3) is 0 Å². The van der Waals surface area contributed by atoms with Crippen molar-refractivity contribution < 1.29 is 19.4 Å². The van der Waals surface area contributed by atoms with Crippen LogP contribution in [0.1, 0.15) is 32.3 Å². The van der Waals surface area contributed by atoms with Crippen molar-refractivity contribution in [2.45, 2.75) is 33.3 Å². The molecule has 0 unspecified atom stereocenters. The first-order valence-corrected chi connectivity index (χ1v) is 7.65. The van der Waals surface area contributed by atoms with Gasteiger partial charge in [0.15, 0.2) is 0 Å². The van der Waals surface area contributed by atoms with Gasteiger partial charge in [-0.2, -0.15) is 0 Å². The molecule has 0 aliphatic carbocycles. The molecular weight excluding hydrogens is 282 g/mol. The van der Waals surface area contributed by atoms with Gasteiger partial charge in [-0.25, -0.2) is 4.79 Å². The van der Waals surface area contributed by atoms with E-state index in [1.807, 2.05) is 44.2 Å². The first-order chi connectivity index (χ1) is 10.5. The summed E-state index contributed by atoms with van der Waals surface area (Å²) < 4.78 is 5.30. The number of ether oxygens (including phenoxy) is 1. The number of likely N-dealkylation sites (tertiary alicyclic amines) is 1. The molecule has 1 fully saturated rings. The SMILES string of the molecule is CC(C)C1(C(=O)O)CCN(C(=O)OCc2ccccc2)CC1. The van der Waals surface area contributed by atoms with E-state index in [0.717, 1.165) is 5.56 Å². The van der Waals surface area contributed by atoms with E-state index in [1.54, 1.807) is 4.90 Å². The van der Waals surface area contributed by atoms with E-state index in [2.05, 4.69) is 0 Å². The molecule has 1 aliphatic heterocycles. The standard InChI is InChI=1S/C17H23NO4/c1-13(2)17(15(19)20)8-10-18(11-9-17)16(21)22-12-14-6-4-3-5-7-14/h3-7,13H,8-12H2,1-2H3,(H,19,20). The minimum absolute atomic E-state index is 0.0486.